The fourth-order valence-corrected chi connectivity index (χ4v) is 2.06. The van der Waals surface area contributed by atoms with Crippen LogP contribution in [0.5, 0.6) is 0 Å². The summed E-state index contributed by atoms with van der Waals surface area (Å²) in [5.74, 6) is 0.815. The van der Waals surface area contributed by atoms with Crippen molar-refractivity contribution >= 4 is 0 Å². The molecule has 0 aliphatic carbocycles. The summed E-state index contributed by atoms with van der Waals surface area (Å²) in [6.45, 7) is 7.35. The second-order valence-electron chi connectivity index (χ2n) is 4.41. The van der Waals surface area contributed by atoms with Crippen LogP contribution in [0.25, 0.3) is 0 Å². The fourth-order valence-electron chi connectivity index (χ4n) is 2.06. The molecule has 0 aromatic carbocycles. The molecule has 72 valence electrons. The fraction of sp³-hybridized carbons (Fsp3) is 1.00. The van der Waals surface area contributed by atoms with Crippen LogP contribution in [0.1, 0.15) is 33.1 Å². The van der Waals surface area contributed by atoms with Crippen molar-refractivity contribution in [2.24, 2.45) is 17.1 Å². The van der Waals surface area contributed by atoms with E-state index < -0.39 is 0 Å². The van der Waals surface area contributed by atoms with Gasteiger partial charge in [-0.05, 0) is 37.1 Å². The molecule has 0 spiro atoms. The number of hydrogen-bond donors (Lipinski definition) is 1. The summed E-state index contributed by atoms with van der Waals surface area (Å²) in [5.41, 5.74) is 6.01. The molecule has 0 saturated carbocycles. The van der Waals surface area contributed by atoms with Gasteiger partial charge in [0.15, 0.2) is 0 Å². The molecule has 2 nitrogen and oxygen atoms in total. The molecule has 1 rings (SSSR count). The van der Waals surface area contributed by atoms with E-state index in [0.29, 0.717) is 5.41 Å². The Morgan fingerprint density at radius 3 is 2.42 bits per heavy atom. The Balaban J connectivity index is 2.41. The summed E-state index contributed by atoms with van der Waals surface area (Å²) in [4.78, 5) is 0. The van der Waals surface area contributed by atoms with Crippen LogP contribution in [0.2, 0.25) is 0 Å². The first-order valence-electron chi connectivity index (χ1n) is 4.94. The van der Waals surface area contributed by atoms with E-state index in [1.807, 2.05) is 0 Å². The summed E-state index contributed by atoms with van der Waals surface area (Å²) in [6, 6.07) is 0. The molecular formula is C10H21NO. The molecule has 0 aromatic heterocycles. The highest BCUT2D eigenvalue weighted by molar-refractivity contribution is 4.80. The van der Waals surface area contributed by atoms with Crippen molar-refractivity contribution < 1.29 is 4.74 Å². The third-order valence-electron chi connectivity index (χ3n) is 3.12. The second kappa shape index (κ2) is 4.24. The molecule has 0 bridgehead atoms. The van der Waals surface area contributed by atoms with Crippen molar-refractivity contribution in [2.75, 3.05) is 19.8 Å². The summed E-state index contributed by atoms with van der Waals surface area (Å²) in [7, 11) is 0. The van der Waals surface area contributed by atoms with Gasteiger partial charge in [0.1, 0.15) is 0 Å². The van der Waals surface area contributed by atoms with Gasteiger partial charge in [0.05, 0.1) is 0 Å². The van der Waals surface area contributed by atoms with Gasteiger partial charge in [-0.25, -0.2) is 0 Å². The topological polar surface area (TPSA) is 35.2 Å². The van der Waals surface area contributed by atoms with Crippen molar-refractivity contribution in [3.05, 3.63) is 0 Å². The Kier molecular flexibility index (Phi) is 3.53. The summed E-state index contributed by atoms with van der Waals surface area (Å²) < 4.78 is 5.34. The Hall–Kier alpha value is -0.0800. The molecule has 2 N–H and O–H groups in total. The molecule has 1 heterocycles. The van der Waals surface area contributed by atoms with Crippen molar-refractivity contribution in [1.29, 1.82) is 0 Å². The highest BCUT2D eigenvalue weighted by atomic mass is 16.5. The van der Waals surface area contributed by atoms with Gasteiger partial charge < -0.3 is 10.5 Å². The molecule has 0 radical (unpaired) electrons. The lowest BCUT2D eigenvalue weighted by molar-refractivity contribution is 0.0206. The molecule has 12 heavy (non-hydrogen) atoms. The SMILES string of the molecule is CC(C)(CCN)C1CCOCC1. The van der Waals surface area contributed by atoms with E-state index in [1.54, 1.807) is 0 Å². The predicted octanol–water partition coefficient (Wildman–Crippen LogP) is 1.79. The van der Waals surface area contributed by atoms with Gasteiger partial charge in [-0.1, -0.05) is 13.8 Å². The van der Waals surface area contributed by atoms with E-state index in [1.165, 1.54) is 12.8 Å². The standard InChI is InChI=1S/C10H21NO/c1-10(2,5-6-11)9-3-7-12-8-4-9/h9H,3-8,11H2,1-2H3. The van der Waals surface area contributed by atoms with Gasteiger partial charge in [0.2, 0.25) is 0 Å². The van der Waals surface area contributed by atoms with Gasteiger partial charge >= 0.3 is 0 Å². The lowest BCUT2D eigenvalue weighted by Gasteiger charge is -2.36. The van der Waals surface area contributed by atoms with Gasteiger partial charge in [-0.15, -0.1) is 0 Å². The van der Waals surface area contributed by atoms with Gasteiger partial charge in [-0.3, -0.25) is 0 Å². The van der Waals surface area contributed by atoms with Crippen LogP contribution in [-0.2, 0) is 4.74 Å². The van der Waals surface area contributed by atoms with Crippen LogP contribution in [0.4, 0.5) is 0 Å². The van der Waals surface area contributed by atoms with Crippen LogP contribution in [0, 0.1) is 11.3 Å². The molecule has 1 fully saturated rings. The minimum Gasteiger partial charge on any atom is -0.381 e. The number of nitrogens with two attached hydrogens (primary N) is 1. The largest absolute Gasteiger partial charge is 0.381 e. The molecule has 1 aliphatic rings. The first-order valence-corrected chi connectivity index (χ1v) is 4.94. The van der Waals surface area contributed by atoms with Crippen LogP contribution >= 0.6 is 0 Å². The maximum atomic E-state index is 5.59. The Morgan fingerprint density at radius 2 is 1.92 bits per heavy atom. The van der Waals surface area contributed by atoms with Crippen LogP contribution in [0.15, 0.2) is 0 Å². The van der Waals surface area contributed by atoms with Crippen molar-refractivity contribution in [3.63, 3.8) is 0 Å². The van der Waals surface area contributed by atoms with E-state index >= 15 is 0 Å². The summed E-state index contributed by atoms with van der Waals surface area (Å²) in [6.07, 6.45) is 3.57. The van der Waals surface area contributed by atoms with Crippen molar-refractivity contribution in [1.82, 2.24) is 0 Å². The molecule has 0 aromatic rings. The van der Waals surface area contributed by atoms with Crippen molar-refractivity contribution in [3.8, 4) is 0 Å². The predicted molar refractivity (Wildman–Crippen MR) is 51.0 cm³/mol. The van der Waals surface area contributed by atoms with E-state index in [0.717, 1.165) is 32.1 Å². The van der Waals surface area contributed by atoms with Gasteiger partial charge in [0, 0.05) is 13.2 Å². The summed E-state index contributed by atoms with van der Waals surface area (Å²) >= 11 is 0. The first-order chi connectivity index (χ1) is 5.67. The van der Waals surface area contributed by atoms with E-state index in [4.69, 9.17) is 10.5 Å². The quantitative estimate of drug-likeness (QED) is 0.702. The van der Waals surface area contributed by atoms with E-state index in [2.05, 4.69) is 13.8 Å². The third-order valence-corrected chi connectivity index (χ3v) is 3.12. The Bertz CT molecular complexity index is 128. The number of rotatable bonds is 3. The Labute approximate surface area is 75.5 Å². The maximum absolute atomic E-state index is 5.59. The number of ether oxygens (including phenoxy) is 1. The molecule has 1 aliphatic heterocycles. The lowest BCUT2D eigenvalue weighted by atomic mass is 9.72. The van der Waals surface area contributed by atoms with Gasteiger partial charge in [-0.2, -0.15) is 0 Å². The first kappa shape index (κ1) is 10.0. The Morgan fingerprint density at radius 1 is 1.33 bits per heavy atom. The molecule has 0 atom stereocenters. The minimum absolute atomic E-state index is 0.415. The molecule has 0 amide bonds. The van der Waals surface area contributed by atoms with Crippen LogP contribution in [0.3, 0.4) is 0 Å². The lowest BCUT2D eigenvalue weighted by Crippen LogP contribution is -2.31. The van der Waals surface area contributed by atoms with Crippen LogP contribution < -0.4 is 5.73 Å². The smallest absolute Gasteiger partial charge is 0.0468 e. The zero-order valence-corrected chi connectivity index (χ0v) is 8.31. The summed E-state index contributed by atoms with van der Waals surface area (Å²) in [5, 5.41) is 0. The van der Waals surface area contributed by atoms with Gasteiger partial charge in [0.25, 0.3) is 0 Å². The van der Waals surface area contributed by atoms with E-state index in [9.17, 15) is 0 Å². The van der Waals surface area contributed by atoms with E-state index in [-0.39, 0.29) is 0 Å². The molecule has 1 saturated heterocycles. The average Bonchev–Trinajstić information content (AvgIpc) is 2.06. The minimum atomic E-state index is 0.415. The molecular weight excluding hydrogens is 150 g/mol. The van der Waals surface area contributed by atoms with Crippen LogP contribution in [-0.4, -0.2) is 19.8 Å². The molecule has 0 unspecified atom stereocenters. The third kappa shape index (κ3) is 2.46. The van der Waals surface area contributed by atoms with Crippen molar-refractivity contribution in [2.45, 2.75) is 33.1 Å². The normalized spacial score (nSPS) is 21.2. The monoisotopic (exact) mass is 171 g/mol. The average molecular weight is 171 g/mol. The zero-order chi connectivity index (χ0) is 9.03. The number of hydrogen-bond acceptors (Lipinski definition) is 2. The highest BCUT2D eigenvalue weighted by Gasteiger charge is 2.29. The zero-order valence-electron chi connectivity index (χ0n) is 8.31. The highest BCUT2D eigenvalue weighted by Crippen LogP contribution is 2.36. The molecule has 2 heteroatoms. The second-order valence-corrected chi connectivity index (χ2v) is 4.41. The maximum Gasteiger partial charge on any atom is 0.0468 e.